The Morgan fingerprint density at radius 3 is 2.18 bits per heavy atom. The van der Waals surface area contributed by atoms with E-state index in [4.69, 9.17) is 0 Å². The fourth-order valence-electron chi connectivity index (χ4n) is 1.83. The second kappa shape index (κ2) is 4.56. The van der Waals surface area contributed by atoms with Crippen LogP contribution in [0.3, 0.4) is 0 Å². The summed E-state index contributed by atoms with van der Waals surface area (Å²) in [5.74, 6) is 0.795. The molecule has 17 heavy (non-hydrogen) atoms. The summed E-state index contributed by atoms with van der Waals surface area (Å²) in [5.41, 5.74) is 1.63. The van der Waals surface area contributed by atoms with E-state index in [0.29, 0.717) is 11.7 Å². The summed E-state index contributed by atoms with van der Waals surface area (Å²) < 4.78 is 24.5. The molecule has 1 unspecified atom stereocenters. The van der Waals surface area contributed by atoms with Gasteiger partial charge in [0.2, 0.25) is 10.0 Å². The topological polar surface area (TPSA) is 58.2 Å². The molecule has 1 saturated carbocycles. The van der Waals surface area contributed by atoms with Gasteiger partial charge >= 0.3 is 0 Å². The van der Waals surface area contributed by atoms with Gasteiger partial charge in [-0.3, -0.25) is 4.72 Å². The van der Waals surface area contributed by atoms with E-state index in [1.54, 1.807) is 12.1 Å². The fourth-order valence-corrected chi connectivity index (χ4v) is 2.39. The zero-order valence-electron chi connectivity index (χ0n) is 10.1. The highest BCUT2D eigenvalue weighted by molar-refractivity contribution is 7.92. The lowest BCUT2D eigenvalue weighted by Gasteiger charge is -2.14. The van der Waals surface area contributed by atoms with E-state index in [9.17, 15) is 8.42 Å². The molecule has 2 N–H and O–H groups in total. The summed E-state index contributed by atoms with van der Waals surface area (Å²) in [5, 5.41) is 3.42. The Hall–Kier alpha value is -1.23. The number of rotatable bonds is 5. The number of benzene rings is 1. The lowest BCUT2D eigenvalue weighted by molar-refractivity contribution is 0.607. The highest BCUT2D eigenvalue weighted by Crippen LogP contribution is 2.34. The Bertz CT molecular complexity index is 478. The zero-order valence-corrected chi connectivity index (χ0v) is 10.9. The Kier molecular flexibility index (Phi) is 3.28. The van der Waals surface area contributed by atoms with Crippen LogP contribution in [-0.2, 0) is 10.0 Å². The van der Waals surface area contributed by atoms with Gasteiger partial charge in [-0.05, 0) is 49.9 Å². The van der Waals surface area contributed by atoms with Crippen molar-refractivity contribution in [2.24, 2.45) is 5.92 Å². The van der Waals surface area contributed by atoms with Gasteiger partial charge in [0.25, 0.3) is 0 Å². The predicted molar refractivity (Wildman–Crippen MR) is 70.7 cm³/mol. The first-order chi connectivity index (χ1) is 7.94. The quantitative estimate of drug-likeness (QED) is 0.847. The first-order valence-electron chi connectivity index (χ1n) is 5.78. The van der Waals surface area contributed by atoms with Crippen LogP contribution in [0.2, 0.25) is 0 Å². The molecule has 1 aromatic carbocycles. The third kappa shape index (κ3) is 3.93. The third-order valence-electron chi connectivity index (χ3n) is 2.91. The second-order valence-corrected chi connectivity index (χ2v) is 6.47. The molecule has 0 bridgehead atoms. The maximum atomic E-state index is 11.0. The largest absolute Gasteiger partial charge is 0.382 e. The van der Waals surface area contributed by atoms with Crippen molar-refractivity contribution in [3.8, 4) is 0 Å². The van der Waals surface area contributed by atoms with Crippen molar-refractivity contribution in [1.82, 2.24) is 0 Å². The van der Waals surface area contributed by atoms with Crippen molar-refractivity contribution < 1.29 is 8.42 Å². The van der Waals surface area contributed by atoms with Crippen LogP contribution in [0.5, 0.6) is 0 Å². The summed E-state index contributed by atoms with van der Waals surface area (Å²) in [6, 6.07) is 7.81. The van der Waals surface area contributed by atoms with E-state index in [0.717, 1.165) is 17.9 Å². The van der Waals surface area contributed by atoms with E-state index in [2.05, 4.69) is 17.0 Å². The normalized spacial score (nSPS) is 17.5. The van der Waals surface area contributed by atoms with E-state index in [1.807, 2.05) is 12.1 Å². The number of sulfonamides is 1. The molecular weight excluding hydrogens is 236 g/mol. The molecule has 1 aromatic rings. The smallest absolute Gasteiger partial charge is 0.229 e. The molecule has 4 nitrogen and oxygen atoms in total. The van der Waals surface area contributed by atoms with Gasteiger partial charge in [0.15, 0.2) is 0 Å². The molecule has 0 amide bonds. The molecule has 0 saturated heterocycles. The van der Waals surface area contributed by atoms with Crippen LogP contribution in [-0.4, -0.2) is 20.7 Å². The Morgan fingerprint density at radius 1 is 1.18 bits per heavy atom. The van der Waals surface area contributed by atoms with Crippen LogP contribution in [0.15, 0.2) is 24.3 Å². The first kappa shape index (κ1) is 12.2. The lowest BCUT2D eigenvalue weighted by Crippen LogP contribution is -2.17. The molecule has 0 radical (unpaired) electrons. The lowest BCUT2D eigenvalue weighted by atomic mass is 10.2. The Morgan fingerprint density at radius 2 is 1.71 bits per heavy atom. The molecule has 1 aliphatic carbocycles. The van der Waals surface area contributed by atoms with E-state index in [-0.39, 0.29) is 0 Å². The van der Waals surface area contributed by atoms with Crippen LogP contribution < -0.4 is 10.0 Å². The minimum atomic E-state index is -3.19. The zero-order chi connectivity index (χ0) is 12.5. The maximum absolute atomic E-state index is 11.0. The van der Waals surface area contributed by atoms with Crippen molar-refractivity contribution >= 4 is 21.4 Å². The van der Waals surface area contributed by atoms with Crippen LogP contribution in [0.1, 0.15) is 19.8 Å². The minimum absolute atomic E-state index is 0.490. The SMILES string of the molecule is CC(Nc1ccc(NS(C)(=O)=O)cc1)C1CC1. The van der Waals surface area contributed by atoms with Gasteiger partial charge in [-0.2, -0.15) is 0 Å². The third-order valence-corrected chi connectivity index (χ3v) is 3.52. The van der Waals surface area contributed by atoms with Gasteiger partial charge in [0, 0.05) is 17.4 Å². The number of anilines is 2. The molecule has 2 rings (SSSR count). The van der Waals surface area contributed by atoms with Gasteiger partial charge < -0.3 is 5.32 Å². The average molecular weight is 254 g/mol. The molecule has 1 aliphatic rings. The monoisotopic (exact) mass is 254 g/mol. The molecule has 5 heteroatoms. The minimum Gasteiger partial charge on any atom is -0.382 e. The highest BCUT2D eigenvalue weighted by atomic mass is 32.2. The van der Waals surface area contributed by atoms with Crippen molar-refractivity contribution in [2.45, 2.75) is 25.8 Å². The first-order valence-corrected chi connectivity index (χ1v) is 7.67. The summed E-state index contributed by atoms with van der Waals surface area (Å²) in [4.78, 5) is 0. The molecule has 0 spiro atoms. The summed E-state index contributed by atoms with van der Waals surface area (Å²) in [7, 11) is -3.19. The van der Waals surface area contributed by atoms with Crippen LogP contribution in [0.25, 0.3) is 0 Å². The molecule has 0 aliphatic heterocycles. The van der Waals surface area contributed by atoms with Crippen LogP contribution >= 0.6 is 0 Å². The molecule has 0 heterocycles. The summed E-state index contributed by atoms with van der Waals surface area (Å²) in [6.07, 6.45) is 3.76. The Balaban J connectivity index is 1.97. The molecule has 1 fully saturated rings. The van der Waals surface area contributed by atoms with E-state index < -0.39 is 10.0 Å². The molecule has 1 atom stereocenters. The van der Waals surface area contributed by atoms with Gasteiger partial charge in [-0.15, -0.1) is 0 Å². The summed E-state index contributed by atoms with van der Waals surface area (Å²) >= 11 is 0. The standard InChI is InChI=1S/C12H18N2O2S/c1-9(10-3-4-10)13-11-5-7-12(8-6-11)14-17(2,15)16/h5-10,13-14H,3-4H2,1-2H3. The molecular formula is C12H18N2O2S. The van der Waals surface area contributed by atoms with Gasteiger partial charge in [0.1, 0.15) is 0 Å². The van der Waals surface area contributed by atoms with Gasteiger partial charge in [-0.1, -0.05) is 0 Å². The highest BCUT2D eigenvalue weighted by Gasteiger charge is 2.27. The van der Waals surface area contributed by atoms with Gasteiger partial charge in [0.05, 0.1) is 6.26 Å². The van der Waals surface area contributed by atoms with E-state index >= 15 is 0 Å². The van der Waals surface area contributed by atoms with Crippen molar-refractivity contribution in [3.63, 3.8) is 0 Å². The van der Waals surface area contributed by atoms with Crippen molar-refractivity contribution in [3.05, 3.63) is 24.3 Å². The fraction of sp³-hybridized carbons (Fsp3) is 0.500. The van der Waals surface area contributed by atoms with Crippen molar-refractivity contribution in [1.29, 1.82) is 0 Å². The van der Waals surface area contributed by atoms with Crippen LogP contribution in [0, 0.1) is 5.92 Å². The average Bonchev–Trinajstić information content (AvgIpc) is 3.02. The second-order valence-electron chi connectivity index (χ2n) is 4.72. The van der Waals surface area contributed by atoms with Crippen molar-refractivity contribution in [2.75, 3.05) is 16.3 Å². The summed E-state index contributed by atoms with van der Waals surface area (Å²) in [6.45, 7) is 2.18. The van der Waals surface area contributed by atoms with Crippen LogP contribution in [0.4, 0.5) is 11.4 Å². The number of nitrogens with one attached hydrogen (secondary N) is 2. The Labute approximate surface area is 102 Å². The van der Waals surface area contributed by atoms with E-state index in [1.165, 1.54) is 12.8 Å². The molecule has 94 valence electrons. The predicted octanol–water partition coefficient (Wildman–Crippen LogP) is 2.27. The number of hydrogen-bond acceptors (Lipinski definition) is 3. The molecule has 0 aromatic heterocycles. The maximum Gasteiger partial charge on any atom is 0.229 e. The van der Waals surface area contributed by atoms with Gasteiger partial charge in [-0.25, -0.2) is 8.42 Å². The number of hydrogen-bond donors (Lipinski definition) is 2.